The number of likely N-dealkylation sites (tertiary alicyclic amines) is 1. The number of nitrogens with one attached hydrogen (secondary N) is 1. The minimum Gasteiger partial charge on any atom is -0.341 e. The number of carbonyl (C=O) groups is 1. The van der Waals surface area contributed by atoms with E-state index >= 15 is 0 Å². The first-order valence-electron chi connectivity index (χ1n) is 8.98. The lowest BCUT2D eigenvalue weighted by Crippen LogP contribution is -2.44. The van der Waals surface area contributed by atoms with Crippen LogP contribution in [0.2, 0.25) is 0 Å². The monoisotopic (exact) mass is 390 g/mol. The maximum atomic E-state index is 13.3. The van der Waals surface area contributed by atoms with Crippen LogP contribution < -0.4 is 5.32 Å². The van der Waals surface area contributed by atoms with Gasteiger partial charge in [-0.15, -0.1) is 24.2 Å². The van der Waals surface area contributed by atoms with Gasteiger partial charge in [-0.1, -0.05) is 48.5 Å². The van der Waals surface area contributed by atoms with Crippen molar-refractivity contribution in [2.45, 2.75) is 23.0 Å². The Morgan fingerprint density at radius 1 is 1.15 bits per heavy atom. The van der Waals surface area contributed by atoms with Crippen LogP contribution in [0.5, 0.6) is 0 Å². The summed E-state index contributed by atoms with van der Waals surface area (Å²) in [7, 11) is 1.98. The second-order valence-corrected chi connectivity index (χ2v) is 7.75. The molecule has 2 unspecified atom stereocenters. The average molecular weight is 391 g/mol. The molecule has 3 rings (SSSR count). The number of nitrogens with zero attached hydrogens (tertiary/aromatic N) is 1. The first-order valence-corrected chi connectivity index (χ1v) is 9.86. The van der Waals surface area contributed by atoms with Crippen LogP contribution in [0.3, 0.4) is 0 Å². The molecule has 1 amide bonds. The third-order valence-electron chi connectivity index (χ3n) is 4.65. The lowest BCUT2D eigenvalue weighted by molar-refractivity contribution is -0.132. The standard InChI is InChI=1S/C21H26N2OS.ClH/c1-22-15-17-9-8-14-23(16-17)21(24)20(18-10-4-2-5-11-18)25-19-12-6-3-7-13-19;/h2-7,10-13,17,20,22H,8-9,14-16H2,1H3;1H. The van der Waals surface area contributed by atoms with Gasteiger partial charge in [0.1, 0.15) is 5.25 Å². The van der Waals surface area contributed by atoms with E-state index in [0.29, 0.717) is 5.92 Å². The first-order chi connectivity index (χ1) is 12.3. The highest BCUT2D eigenvalue weighted by atomic mass is 35.5. The van der Waals surface area contributed by atoms with E-state index in [-0.39, 0.29) is 23.6 Å². The van der Waals surface area contributed by atoms with Crippen LogP contribution >= 0.6 is 24.2 Å². The zero-order valence-corrected chi connectivity index (χ0v) is 16.8. The van der Waals surface area contributed by atoms with Crippen molar-refractivity contribution in [1.82, 2.24) is 10.2 Å². The molecule has 0 bridgehead atoms. The second kappa shape index (κ2) is 10.6. The fourth-order valence-electron chi connectivity index (χ4n) is 3.41. The Balaban J connectivity index is 0.00000243. The molecule has 0 spiro atoms. The number of hydrogen-bond acceptors (Lipinski definition) is 3. The Labute approximate surface area is 167 Å². The molecule has 1 aliphatic rings. The summed E-state index contributed by atoms with van der Waals surface area (Å²) >= 11 is 1.65. The van der Waals surface area contributed by atoms with Crippen LogP contribution in [0.15, 0.2) is 65.6 Å². The van der Waals surface area contributed by atoms with Crippen LogP contribution in [0.25, 0.3) is 0 Å². The van der Waals surface area contributed by atoms with E-state index in [1.807, 2.05) is 43.4 Å². The molecule has 3 nitrogen and oxygen atoms in total. The van der Waals surface area contributed by atoms with Crippen LogP contribution in [-0.4, -0.2) is 37.5 Å². The SMILES string of the molecule is CNCC1CCCN(C(=O)C(Sc2ccccc2)c2ccccc2)C1.Cl. The molecule has 1 heterocycles. The summed E-state index contributed by atoms with van der Waals surface area (Å²) in [5.41, 5.74) is 1.08. The van der Waals surface area contributed by atoms with Crippen molar-refractivity contribution in [3.8, 4) is 0 Å². The fourth-order valence-corrected chi connectivity index (χ4v) is 4.54. The topological polar surface area (TPSA) is 32.3 Å². The van der Waals surface area contributed by atoms with Crippen molar-refractivity contribution in [2.24, 2.45) is 5.92 Å². The molecule has 26 heavy (non-hydrogen) atoms. The predicted molar refractivity (Wildman–Crippen MR) is 112 cm³/mol. The fraction of sp³-hybridized carbons (Fsp3) is 0.381. The number of rotatable bonds is 6. The van der Waals surface area contributed by atoms with E-state index in [2.05, 4.69) is 34.5 Å². The molecule has 1 N–H and O–H groups in total. The van der Waals surface area contributed by atoms with Gasteiger partial charge in [0.25, 0.3) is 0 Å². The molecule has 1 saturated heterocycles. The van der Waals surface area contributed by atoms with E-state index < -0.39 is 0 Å². The van der Waals surface area contributed by atoms with Crippen molar-refractivity contribution in [2.75, 3.05) is 26.7 Å². The molecular weight excluding hydrogens is 364 g/mol. The molecule has 0 saturated carbocycles. The first kappa shape index (κ1) is 20.8. The zero-order valence-electron chi connectivity index (χ0n) is 15.1. The Morgan fingerprint density at radius 3 is 2.46 bits per heavy atom. The van der Waals surface area contributed by atoms with Crippen molar-refractivity contribution in [1.29, 1.82) is 0 Å². The number of benzene rings is 2. The zero-order chi connectivity index (χ0) is 17.5. The van der Waals surface area contributed by atoms with Gasteiger partial charge in [-0.2, -0.15) is 0 Å². The number of thioether (sulfide) groups is 1. The quantitative estimate of drug-likeness (QED) is 0.742. The molecule has 0 aliphatic carbocycles. The smallest absolute Gasteiger partial charge is 0.240 e. The van der Waals surface area contributed by atoms with Crippen LogP contribution in [-0.2, 0) is 4.79 Å². The maximum Gasteiger partial charge on any atom is 0.240 e. The van der Waals surface area contributed by atoms with E-state index in [1.54, 1.807) is 11.8 Å². The molecule has 1 fully saturated rings. The van der Waals surface area contributed by atoms with Crippen LogP contribution in [0.1, 0.15) is 23.7 Å². The summed E-state index contributed by atoms with van der Waals surface area (Å²) in [4.78, 5) is 16.5. The van der Waals surface area contributed by atoms with E-state index in [9.17, 15) is 4.79 Å². The van der Waals surface area contributed by atoms with Gasteiger partial charge >= 0.3 is 0 Å². The lowest BCUT2D eigenvalue weighted by Gasteiger charge is -2.35. The van der Waals surface area contributed by atoms with Gasteiger partial charge in [0.2, 0.25) is 5.91 Å². The summed E-state index contributed by atoms with van der Waals surface area (Å²) in [6, 6.07) is 20.4. The minimum absolute atomic E-state index is 0. The third-order valence-corrected chi connectivity index (χ3v) is 5.90. The van der Waals surface area contributed by atoms with E-state index in [0.717, 1.165) is 36.5 Å². The van der Waals surface area contributed by atoms with Gasteiger partial charge in [0.05, 0.1) is 0 Å². The molecule has 0 aromatic heterocycles. The number of halogens is 1. The molecule has 2 aromatic carbocycles. The Morgan fingerprint density at radius 2 is 1.81 bits per heavy atom. The summed E-state index contributed by atoms with van der Waals surface area (Å²) in [5.74, 6) is 0.793. The number of hydrogen-bond donors (Lipinski definition) is 1. The molecule has 140 valence electrons. The van der Waals surface area contributed by atoms with Crippen molar-refractivity contribution >= 4 is 30.1 Å². The largest absolute Gasteiger partial charge is 0.341 e. The molecule has 1 aliphatic heterocycles. The molecular formula is C21H27ClN2OS. The Kier molecular flexibility index (Phi) is 8.49. The Hall–Kier alpha value is -1.49. The summed E-state index contributed by atoms with van der Waals surface area (Å²) in [6.07, 6.45) is 2.29. The van der Waals surface area contributed by atoms with E-state index in [1.165, 1.54) is 6.42 Å². The van der Waals surface area contributed by atoms with Gasteiger partial charge in [0.15, 0.2) is 0 Å². The van der Waals surface area contributed by atoms with Gasteiger partial charge in [-0.3, -0.25) is 4.79 Å². The highest BCUT2D eigenvalue weighted by Crippen LogP contribution is 2.37. The number of amides is 1. The Bertz CT molecular complexity index is 666. The second-order valence-electron chi connectivity index (χ2n) is 6.57. The third kappa shape index (κ3) is 5.50. The summed E-state index contributed by atoms with van der Waals surface area (Å²) < 4.78 is 0. The summed E-state index contributed by atoms with van der Waals surface area (Å²) in [5, 5.41) is 3.07. The highest BCUT2D eigenvalue weighted by molar-refractivity contribution is 8.00. The lowest BCUT2D eigenvalue weighted by atomic mass is 9.97. The molecule has 2 atom stereocenters. The normalized spacial score (nSPS) is 18.0. The molecule has 5 heteroatoms. The molecule has 0 radical (unpaired) electrons. The van der Waals surface area contributed by atoms with Gasteiger partial charge in [-0.05, 0) is 50.0 Å². The van der Waals surface area contributed by atoms with Crippen LogP contribution in [0, 0.1) is 5.92 Å². The van der Waals surface area contributed by atoms with Crippen molar-refractivity contribution in [3.05, 3.63) is 66.2 Å². The average Bonchev–Trinajstić information content (AvgIpc) is 2.68. The predicted octanol–water partition coefficient (Wildman–Crippen LogP) is 4.40. The van der Waals surface area contributed by atoms with E-state index in [4.69, 9.17) is 0 Å². The van der Waals surface area contributed by atoms with Gasteiger partial charge in [-0.25, -0.2) is 0 Å². The van der Waals surface area contributed by atoms with Gasteiger partial charge in [0, 0.05) is 18.0 Å². The van der Waals surface area contributed by atoms with Crippen molar-refractivity contribution < 1.29 is 4.79 Å². The number of carbonyl (C=O) groups excluding carboxylic acids is 1. The maximum absolute atomic E-state index is 13.3. The highest BCUT2D eigenvalue weighted by Gasteiger charge is 2.30. The van der Waals surface area contributed by atoms with Crippen molar-refractivity contribution in [3.63, 3.8) is 0 Å². The van der Waals surface area contributed by atoms with Crippen LogP contribution in [0.4, 0.5) is 0 Å². The molecule has 2 aromatic rings. The summed E-state index contributed by atoms with van der Waals surface area (Å²) in [6.45, 7) is 2.71. The number of piperidine rings is 1. The van der Waals surface area contributed by atoms with Gasteiger partial charge < -0.3 is 10.2 Å². The minimum atomic E-state index is -0.183.